The van der Waals surface area contributed by atoms with Crippen molar-refractivity contribution in [2.45, 2.75) is 111 Å². The Balaban J connectivity index is 0.00000164. The Morgan fingerprint density at radius 2 is 1.29 bits per heavy atom. The first-order valence-electron chi connectivity index (χ1n) is 12.4. The molecule has 0 radical (unpaired) electrons. The van der Waals surface area contributed by atoms with Crippen molar-refractivity contribution in [1.82, 2.24) is 0 Å². The average Bonchev–Trinajstić information content (AvgIpc) is 2.62. The molecule has 0 atom stereocenters. The zero-order valence-electron chi connectivity index (χ0n) is 24.2. The van der Waals surface area contributed by atoms with E-state index in [0.717, 1.165) is 11.4 Å². The molecule has 0 N–H and O–H groups in total. The van der Waals surface area contributed by atoms with Crippen molar-refractivity contribution in [3.63, 3.8) is 0 Å². The second-order valence-corrected chi connectivity index (χ2v) is 21.8. The smallest absolute Gasteiger partial charge is 0.657 e. The number of benzene rings is 1. The van der Waals surface area contributed by atoms with E-state index in [1.807, 2.05) is 0 Å². The first kappa shape index (κ1) is 33.4. The van der Waals surface area contributed by atoms with E-state index in [1.165, 1.54) is 16.7 Å². The fourth-order valence-corrected chi connectivity index (χ4v) is 7.23. The Morgan fingerprint density at radius 3 is 1.65 bits per heavy atom. The first-order chi connectivity index (χ1) is 14.8. The molecule has 2 rings (SSSR count). The monoisotopic (exact) mass is 539 g/mol. The number of hydrogen-bond donors (Lipinski definition) is 0. The van der Waals surface area contributed by atoms with Gasteiger partial charge in [-0.25, -0.2) is 0 Å². The molecule has 0 bridgehead atoms. The normalized spacial score (nSPS) is 15.7. The predicted molar refractivity (Wildman–Crippen MR) is 158 cm³/mol. The largest absolute Gasteiger partial charge is 2.00 e. The summed E-state index contributed by atoms with van der Waals surface area (Å²) >= 11 is 0. The molecule has 1 nitrogen and oxygen atoms in total. The summed E-state index contributed by atoms with van der Waals surface area (Å²) in [5.41, 5.74) is 6.34. The van der Waals surface area contributed by atoms with Crippen LogP contribution in [-0.4, -0.2) is 18.4 Å². The molecule has 0 aliphatic carbocycles. The minimum Gasteiger partial charge on any atom is -0.657 e. The Labute approximate surface area is 225 Å². The molecule has 0 saturated heterocycles. The van der Waals surface area contributed by atoms with Crippen LogP contribution in [0.15, 0.2) is 47.9 Å². The Hall–Kier alpha value is -0.594. The topological polar surface area (TPSA) is 14.1 Å². The number of nitrogens with zero attached hydrogens (tertiary/aromatic N) is 1. The molecule has 0 unspecified atom stereocenters. The van der Waals surface area contributed by atoms with Gasteiger partial charge in [0.25, 0.3) is 0 Å². The second kappa shape index (κ2) is 13.1. The molecule has 1 aliphatic heterocycles. The van der Waals surface area contributed by atoms with E-state index in [1.54, 1.807) is 0 Å². The molecule has 192 valence electrons. The fourth-order valence-electron chi connectivity index (χ4n) is 4.04. The first-order valence-corrected chi connectivity index (χ1v) is 17.5. The van der Waals surface area contributed by atoms with Gasteiger partial charge in [0.1, 0.15) is 0 Å². The van der Waals surface area contributed by atoms with E-state index in [-0.39, 0.29) is 35.3 Å². The van der Waals surface area contributed by atoms with Crippen LogP contribution in [0.1, 0.15) is 97.8 Å². The molecule has 1 heterocycles. The third-order valence-electron chi connectivity index (χ3n) is 5.11. The van der Waals surface area contributed by atoms with Crippen LogP contribution in [0.2, 0.25) is 19.6 Å². The maximum atomic E-state index is 5.16. The average molecular weight is 540 g/mol. The van der Waals surface area contributed by atoms with Crippen molar-refractivity contribution in [2.75, 3.05) is 0 Å². The molecule has 34 heavy (non-hydrogen) atoms. The van der Waals surface area contributed by atoms with Crippen LogP contribution in [0.5, 0.6) is 0 Å². The van der Waals surface area contributed by atoms with Crippen LogP contribution in [-0.2, 0) is 17.1 Å². The molecule has 1 aromatic rings. The van der Waals surface area contributed by atoms with Crippen LogP contribution < -0.4 is 0 Å². The summed E-state index contributed by atoms with van der Waals surface area (Å²) in [5.74, 6) is 3.40. The van der Waals surface area contributed by atoms with E-state index in [2.05, 4.69) is 138 Å². The van der Waals surface area contributed by atoms with E-state index < -0.39 is 8.07 Å². The molecule has 0 amide bonds. The molecule has 0 fully saturated rings. The van der Waals surface area contributed by atoms with Gasteiger partial charge in [-0.15, -0.1) is 19.5 Å². The Kier molecular flexibility index (Phi) is 12.9. The SMILES string of the molecule is CC(C)c1cccc(C(C)C)c1C1=CC=C/C(=C/P(C(C)(C)C)C(C)(C)C)[N-]1.[CH2-][Si](C)(C)C.[Fe+2]. The molecule has 4 heteroatoms. The third-order valence-corrected chi connectivity index (χ3v) is 8.52. The van der Waals surface area contributed by atoms with E-state index in [9.17, 15) is 0 Å². The van der Waals surface area contributed by atoms with Gasteiger partial charge in [0.2, 0.25) is 0 Å². The van der Waals surface area contributed by atoms with Crippen molar-refractivity contribution in [3.05, 3.63) is 76.5 Å². The molecular formula is C30H50FeNPSi. The summed E-state index contributed by atoms with van der Waals surface area (Å²) in [4.78, 5) is 0. The summed E-state index contributed by atoms with van der Waals surface area (Å²) in [7, 11) is -1.19. The summed E-state index contributed by atoms with van der Waals surface area (Å²) in [6, 6.07) is 6.73. The Bertz CT molecular complexity index is 828. The van der Waals surface area contributed by atoms with Gasteiger partial charge in [0, 0.05) is 0 Å². The third kappa shape index (κ3) is 11.0. The van der Waals surface area contributed by atoms with Crippen molar-refractivity contribution in [3.8, 4) is 0 Å². The quantitative estimate of drug-likeness (QED) is 0.205. The van der Waals surface area contributed by atoms with Crippen molar-refractivity contribution < 1.29 is 17.1 Å². The van der Waals surface area contributed by atoms with Gasteiger partial charge in [-0.05, 0) is 38.8 Å². The number of allylic oxidation sites excluding steroid dienone is 3. The van der Waals surface area contributed by atoms with Crippen molar-refractivity contribution in [1.29, 1.82) is 0 Å². The number of hydrogen-bond acceptors (Lipinski definition) is 0. The number of rotatable bonds is 4. The maximum absolute atomic E-state index is 5.16. The summed E-state index contributed by atoms with van der Waals surface area (Å²) < 4.78 is 0. The van der Waals surface area contributed by atoms with Crippen molar-refractivity contribution in [2.24, 2.45) is 0 Å². The summed E-state index contributed by atoms with van der Waals surface area (Å²) in [6.45, 7) is 33.8. The summed E-state index contributed by atoms with van der Waals surface area (Å²) in [6.07, 6.45) is 6.53. The van der Waals surface area contributed by atoms with E-state index >= 15 is 0 Å². The standard InChI is InChI=1S/C26H39NP.C4H11Si.Fe/c1-18(2)21-14-12-15-22(19(3)4)24(21)23-16-11-13-20(27-23)17-28(25(5,6)7)26(8,9)10;1-5(2,3)4;/h11-19H,1-10H3;1H2,2-4H3;/q2*-1;+2/b20-17-;;. The van der Waals surface area contributed by atoms with Gasteiger partial charge >= 0.3 is 17.1 Å². The van der Waals surface area contributed by atoms with E-state index in [0.29, 0.717) is 11.8 Å². The Morgan fingerprint density at radius 1 is 0.882 bits per heavy atom. The van der Waals surface area contributed by atoms with Crippen LogP contribution in [0.25, 0.3) is 11.0 Å². The summed E-state index contributed by atoms with van der Waals surface area (Å²) in [5, 5.41) is 5.66. The minimum atomic E-state index is -0.861. The zero-order chi connectivity index (χ0) is 25.8. The van der Waals surface area contributed by atoms with Gasteiger partial charge in [-0.3, -0.25) is 0 Å². The molecule has 1 aromatic carbocycles. The van der Waals surface area contributed by atoms with Gasteiger partial charge in [0.15, 0.2) is 0 Å². The van der Waals surface area contributed by atoms with Crippen molar-refractivity contribution >= 4 is 21.7 Å². The van der Waals surface area contributed by atoms with E-state index in [4.69, 9.17) is 5.32 Å². The molecule has 0 spiro atoms. The zero-order valence-corrected chi connectivity index (χ0v) is 27.1. The van der Waals surface area contributed by atoms with Gasteiger partial charge in [0.05, 0.1) is 0 Å². The van der Waals surface area contributed by atoms with Gasteiger partial charge in [-0.1, -0.05) is 139 Å². The van der Waals surface area contributed by atoms with Gasteiger partial charge < -0.3 is 11.9 Å². The van der Waals surface area contributed by atoms with Crippen LogP contribution >= 0.6 is 7.92 Å². The second-order valence-electron chi connectivity index (χ2n) is 13.0. The molecule has 0 aromatic heterocycles. The maximum Gasteiger partial charge on any atom is 2.00 e. The van der Waals surface area contributed by atoms with Gasteiger partial charge in [-0.2, -0.15) is 0 Å². The van der Waals surface area contributed by atoms with Crippen LogP contribution in [0.3, 0.4) is 0 Å². The molecule has 1 aliphatic rings. The fraction of sp³-hybridized carbons (Fsp3) is 0.567. The predicted octanol–water partition coefficient (Wildman–Crippen LogP) is 10.8. The molecule has 0 saturated carbocycles. The molecular weight excluding hydrogens is 489 g/mol. The minimum absolute atomic E-state index is 0. The van der Waals surface area contributed by atoms with Crippen LogP contribution in [0.4, 0.5) is 0 Å². The van der Waals surface area contributed by atoms with Crippen LogP contribution in [0, 0.1) is 6.55 Å².